The highest BCUT2D eigenvalue weighted by Gasteiger charge is 2.65. The van der Waals surface area contributed by atoms with Gasteiger partial charge in [0.1, 0.15) is 11.6 Å². The van der Waals surface area contributed by atoms with Crippen LogP contribution in [0.1, 0.15) is 55.3 Å². The average Bonchev–Trinajstić information content (AvgIpc) is 3.46. The molecule has 4 aromatic rings. The van der Waals surface area contributed by atoms with Gasteiger partial charge in [0.15, 0.2) is 0 Å². The molecule has 0 saturated heterocycles. The van der Waals surface area contributed by atoms with Gasteiger partial charge >= 0.3 is 0 Å². The van der Waals surface area contributed by atoms with Crippen molar-refractivity contribution in [3.05, 3.63) is 82.9 Å². The van der Waals surface area contributed by atoms with E-state index in [0.717, 1.165) is 46.7 Å². The van der Waals surface area contributed by atoms with Gasteiger partial charge < -0.3 is 10.2 Å². The van der Waals surface area contributed by atoms with Crippen LogP contribution in [-0.2, 0) is 12.0 Å². The van der Waals surface area contributed by atoms with Crippen molar-refractivity contribution in [1.29, 1.82) is 0 Å². The molecular weight excluding hydrogens is 488 g/mol. The number of nitrogens with zero attached hydrogens (tertiary/aromatic N) is 5. The lowest BCUT2D eigenvalue weighted by molar-refractivity contribution is 0.0777. The molecule has 0 amide bonds. The van der Waals surface area contributed by atoms with Crippen LogP contribution >= 0.6 is 0 Å². The molecule has 1 saturated carbocycles. The minimum absolute atomic E-state index is 0.150. The minimum Gasteiger partial charge on any atom is -0.394 e. The quantitative estimate of drug-likeness (QED) is 0.390. The molecular formula is C29H29F2N5O2. The van der Waals surface area contributed by atoms with Gasteiger partial charge in [-0.1, -0.05) is 26.0 Å². The number of aromatic nitrogens is 5. The number of aliphatic hydroxyl groups is 2. The lowest BCUT2D eigenvalue weighted by atomic mass is 9.66. The van der Waals surface area contributed by atoms with Crippen molar-refractivity contribution in [3.8, 4) is 22.5 Å². The fourth-order valence-electron chi connectivity index (χ4n) is 6.72. The average molecular weight is 518 g/mol. The van der Waals surface area contributed by atoms with Gasteiger partial charge in [0, 0.05) is 11.3 Å². The summed E-state index contributed by atoms with van der Waals surface area (Å²) in [5, 5.41) is 32.4. The van der Waals surface area contributed by atoms with Crippen molar-refractivity contribution < 1.29 is 19.0 Å². The molecule has 3 atom stereocenters. The highest BCUT2D eigenvalue weighted by molar-refractivity contribution is 5.65. The molecule has 1 aromatic carbocycles. The van der Waals surface area contributed by atoms with Gasteiger partial charge in [0.2, 0.25) is 0 Å². The predicted molar refractivity (Wildman–Crippen MR) is 137 cm³/mol. The Hall–Kier alpha value is -3.56. The standard InChI is InChI=1S/C29H29F2N5O2/c1-16-19(13-32-36(16)14-17(38)15-37)23-8-5-9-25(33-23)29-11-10-20(28(29,2)3)18-12-24(34-35-27(18)29)26-21(30)6-4-7-22(26)31/h4-9,12-13,17,20,37-38H,10-11,14-15H2,1-3H3/t17-,20-,29-/m0/s1. The van der Waals surface area contributed by atoms with Gasteiger partial charge in [-0.05, 0) is 67.0 Å². The smallest absolute Gasteiger partial charge is 0.135 e. The van der Waals surface area contributed by atoms with Crippen molar-refractivity contribution >= 4 is 0 Å². The Morgan fingerprint density at radius 2 is 1.82 bits per heavy atom. The maximum Gasteiger partial charge on any atom is 0.135 e. The molecule has 2 N–H and O–H groups in total. The van der Waals surface area contributed by atoms with E-state index in [2.05, 4.69) is 29.1 Å². The number of fused-ring (bicyclic) bond motifs is 5. The number of rotatable bonds is 6. The second-order valence-corrected chi connectivity index (χ2v) is 10.9. The van der Waals surface area contributed by atoms with Crippen molar-refractivity contribution in [1.82, 2.24) is 25.0 Å². The molecule has 3 heterocycles. The molecule has 9 heteroatoms. The van der Waals surface area contributed by atoms with Gasteiger partial charge in [0.05, 0.1) is 59.2 Å². The third-order valence-corrected chi connectivity index (χ3v) is 8.76. The van der Waals surface area contributed by atoms with Crippen molar-refractivity contribution in [2.24, 2.45) is 5.41 Å². The Morgan fingerprint density at radius 3 is 2.55 bits per heavy atom. The monoisotopic (exact) mass is 517 g/mol. The van der Waals surface area contributed by atoms with Crippen LogP contribution in [0.3, 0.4) is 0 Å². The summed E-state index contributed by atoms with van der Waals surface area (Å²) in [6, 6.07) is 11.5. The number of hydrogen-bond acceptors (Lipinski definition) is 6. The predicted octanol–water partition coefficient (Wildman–Crippen LogP) is 4.55. The normalized spacial score (nSPS) is 22.0. The zero-order valence-corrected chi connectivity index (χ0v) is 21.5. The molecule has 0 spiro atoms. The van der Waals surface area contributed by atoms with E-state index in [-0.39, 0.29) is 35.7 Å². The van der Waals surface area contributed by atoms with Crippen LogP contribution in [0.15, 0.2) is 48.7 Å². The molecule has 0 radical (unpaired) electrons. The molecule has 196 valence electrons. The fraction of sp³-hybridized carbons (Fsp3) is 0.379. The van der Waals surface area contributed by atoms with E-state index in [0.29, 0.717) is 0 Å². The third kappa shape index (κ3) is 3.38. The summed E-state index contributed by atoms with van der Waals surface area (Å²) in [6.07, 6.45) is 2.58. The van der Waals surface area contributed by atoms with E-state index < -0.39 is 23.2 Å². The highest BCUT2D eigenvalue weighted by Crippen LogP contribution is 2.69. The Labute approximate surface area is 219 Å². The zero-order valence-electron chi connectivity index (χ0n) is 21.5. The fourth-order valence-corrected chi connectivity index (χ4v) is 6.72. The van der Waals surface area contributed by atoms with E-state index in [1.165, 1.54) is 18.2 Å². The first-order valence-electron chi connectivity index (χ1n) is 12.8. The van der Waals surface area contributed by atoms with Crippen LogP contribution in [-0.4, -0.2) is 47.9 Å². The summed E-state index contributed by atoms with van der Waals surface area (Å²) < 4.78 is 30.8. The summed E-state index contributed by atoms with van der Waals surface area (Å²) in [5.41, 5.74) is 4.41. The van der Waals surface area contributed by atoms with Crippen molar-refractivity contribution in [3.63, 3.8) is 0 Å². The zero-order chi connectivity index (χ0) is 26.8. The number of aliphatic hydroxyl groups excluding tert-OH is 2. The molecule has 6 rings (SSSR count). The Balaban J connectivity index is 1.45. The summed E-state index contributed by atoms with van der Waals surface area (Å²) in [7, 11) is 0. The Morgan fingerprint density at radius 1 is 1.08 bits per heavy atom. The molecule has 0 unspecified atom stereocenters. The van der Waals surface area contributed by atoms with Crippen LogP contribution in [0, 0.1) is 24.0 Å². The lowest BCUT2D eigenvalue weighted by Gasteiger charge is -2.37. The third-order valence-electron chi connectivity index (χ3n) is 8.76. The van der Waals surface area contributed by atoms with E-state index in [9.17, 15) is 19.0 Å². The van der Waals surface area contributed by atoms with Crippen LogP contribution in [0.4, 0.5) is 8.78 Å². The van der Waals surface area contributed by atoms with Crippen LogP contribution in [0.25, 0.3) is 22.5 Å². The number of hydrogen-bond donors (Lipinski definition) is 2. The van der Waals surface area contributed by atoms with Gasteiger partial charge in [-0.3, -0.25) is 9.67 Å². The van der Waals surface area contributed by atoms with Gasteiger partial charge in [-0.15, -0.1) is 5.10 Å². The first kappa shape index (κ1) is 24.8. The van der Waals surface area contributed by atoms with E-state index in [4.69, 9.17) is 4.98 Å². The first-order valence-corrected chi connectivity index (χ1v) is 12.8. The summed E-state index contributed by atoms with van der Waals surface area (Å²) in [5.74, 6) is -1.17. The van der Waals surface area contributed by atoms with Gasteiger partial charge in [0.25, 0.3) is 0 Å². The number of halogens is 2. The molecule has 38 heavy (non-hydrogen) atoms. The SMILES string of the molecule is Cc1c(-c2cccc([C@@]34CC[C@@H](c5cc(-c6c(F)cccc6F)nnc53)C4(C)C)n2)cnn1C[C@H](O)CO. The Bertz CT molecular complexity index is 1530. The second kappa shape index (κ2) is 8.74. The van der Waals surface area contributed by atoms with Crippen molar-refractivity contribution in [2.45, 2.75) is 57.6 Å². The van der Waals surface area contributed by atoms with E-state index >= 15 is 0 Å². The number of benzene rings is 1. The van der Waals surface area contributed by atoms with E-state index in [1.54, 1.807) is 10.9 Å². The minimum atomic E-state index is -0.896. The summed E-state index contributed by atoms with van der Waals surface area (Å²) >= 11 is 0. The second-order valence-electron chi connectivity index (χ2n) is 10.9. The van der Waals surface area contributed by atoms with Gasteiger partial charge in [-0.2, -0.15) is 10.2 Å². The summed E-state index contributed by atoms with van der Waals surface area (Å²) in [6.45, 7) is 6.18. The molecule has 2 aliphatic rings. The molecule has 2 aliphatic carbocycles. The molecule has 0 aliphatic heterocycles. The van der Waals surface area contributed by atoms with Crippen LogP contribution < -0.4 is 0 Å². The topological polar surface area (TPSA) is 97.0 Å². The molecule has 2 bridgehead atoms. The van der Waals surface area contributed by atoms with Crippen LogP contribution in [0.5, 0.6) is 0 Å². The maximum absolute atomic E-state index is 14.5. The largest absolute Gasteiger partial charge is 0.394 e. The molecule has 3 aromatic heterocycles. The summed E-state index contributed by atoms with van der Waals surface area (Å²) in [4.78, 5) is 5.12. The number of pyridine rings is 1. The Kier molecular flexibility index (Phi) is 5.70. The first-order chi connectivity index (χ1) is 18.2. The molecule has 1 fully saturated rings. The maximum atomic E-state index is 14.5. The van der Waals surface area contributed by atoms with Gasteiger partial charge in [-0.25, -0.2) is 8.78 Å². The van der Waals surface area contributed by atoms with Crippen LogP contribution in [0.2, 0.25) is 0 Å². The lowest BCUT2D eigenvalue weighted by Crippen LogP contribution is -2.37. The van der Waals surface area contributed by atoms with Crippen molar-refractivity contribution in [2.75, 3.05) is 6.61 Å². The highest BCUT2D eigenvalue weighted by atomic mass is 19.1. The molecule has 7 nitrogen and oxygen atoms in total. The van der Waals surface area contributed by atoms with E-state index in [1.807, 2.05) is 31.2 Å².